The van der Waals surface area contributed by atoms with Crippen LogP contribution in [0.2, 0.25) is 0 Å². The predicted octanol–water partition coefficient (Wildman–Crippen LogP) is 2.26. The Balaban J connectivity index is 2.13. The Bertz CT molecular complexity index is 506. The summed E-state index contributed by atoms with van der Waals surface area (Å²) in [4.78, 5) is 10.5. The number of ether oxygens (including phenoxy) is 2. The minimum Gasteiger partial charge on any atom is -0.496 e. The fraction of sp³-hybridized carbons (Fsp3) is 0.571. The van der Waals surface area contributed by atoms with Crippen LogP contribution in [0.3, 0.4) is 0 Å². The summed E-state index contributed by atoms with van der Waals surface area (Å²) in [7, 11) is 1.50. The van der Waals surface area contributed by atoms with Crippen LogP contribution in [0, 0.1) is 10.1 Å². The third-order valence-corrected chi connectivity index (χ3v) is 3.98. The topological polar surface area (TPSA) is 73.6 Å². The van der Waals surface area contributed by atoms with Crippen LogP contribution in [-0.4, -0.2) is 30.3 Å². The Morgan fingerprint density at radius 1 is 1.55 bits per heavy atom. The monoisotopic (exact) mass is 280 g/mol. The molecule has 1 aliphatic rings. The van der Waals surface area contributed by atoms with Crippen molar-refractivity contribution in [2.24, 2.45) is 0 Å². The zero-order valence-corrected chi connectivity index (χ0v) is 12.0. The van der Waals surface area contributed by atoms with Crippen LogP contribution in [-0.2, 0) is 11.3 Å². The number of nitrogens with zero attached hydrogens (tertiary/aromatic N) is 1. The van der Waals surface area contributed by atoms with Gasteiger partial charge in [0.25, 0.3) is 5.69 Å². The molecule has 1 aliphatic heterocycles. The smallest absolute Gasteiger partial charge is 0.273 e. The average molecular weight is 280 g/mol. The van der Waals surface area contributed by atoms with E-state index >= 15 is 0 Å². The zero-order valence-electron chi connectivity index (χ0n) is 12.0. The lowest BCUT2D eigenvalue weighted by molar-refractivity contribution is -0.385. The molecule has 0 aliphatic carbocycles. The molecule has 1 fully saturated rings. The SMILES string of the molecule is COc1cc(CNC2(C)CCOC2C)cc([N+](=O)[O-])c1. The number of hydrogen-bond donors (Lipinski definition) is 1. The Kier molecular flexibility index (Phi) is 4.25. The van der Waals surface area contributed by atoms with Crippen LogP contribution in [0.4, 0.5) is 5.69 Å². The largest absolute Gasteiger partial charge is 0.496 e. The maximum atomic E-state index is 10.9. The van der Waals surface area contributed by atoms with E-state index in [2.05, 4.69) is 12.2 Å². The number of hydrogen-bond acceptors (Lipinski definition) is 5. The maximum Gasteiger partial charge on any atom is 0.273 e. The van der Waals surface area contributed by atoms with Gasteiger partial charge in [0.15, 0.2) is 0 Å². The van der Waals surface area contributed by atoms with Gasteiger partial charge in [-0.1, -0.05) is 0 Å². The van der Waals surface area contributed by atoms with Gasteiger partial charge in [-0.05, 0) is 31.9 Å². The molecular weight excluding hydrogens is 260 g/mol. The molecule has 6 nitrogen and oxygen atoms in total. The van der Waals surface area contributed by atoms with Crippen molar-refractivity contribution in [3.05, 3.63) is 33.9 Å². The summed E-state index contributed by atoms with van der Waals surface area (Å²) >= 11 is 0. The van der Waals surface area contributed by atoms with Gasteiger partial charge in [0.05, 0.1) is 24.2 Å². The highest BCUT2D eigenvalue weighted by Gasteiger charge is 2.36. The highest BCUT2D eigenvalue weighted by molar-refractivity contribution is 5.42. The number of nitrogens with one attached hydrogen (secondary N) is 1. The van der Waals surface area contributed by atoms with Crippen molar-refractivity contribution in [2.75, 3.05) is 13.7 Å². The molecule has 0 amide bonds. The van der Waals surface area contributed by atoms with Gasteiger partial charge in [0.2, 0.25) is 0 Å². The molecule has 2 unspecified atom stereocenters. The lowest BCUT2D eigenvalue weighted by Crippen LogP contribution is -2.47. The molecule has 0 aromatic heterocycles. The van der Waals surface area contributed by atoms with E-state index in [4.69, 9.17) is 9.47 Å². The van der Waals surface area contributed by atoms with Crippen LogP contribution in [0.25, 0.3) is 0 Å². The van der Waals surface area contributed by atoms with Crippen molar-refractivity contribution < 1.29 is 14.4 Å². The van der Waals surface area contributed by atoms with Gasteiger partial charge in [0, 0.05) is 24.8 Å². The summed E-state index contributed by atoms with van der Waals surface area (Å²) in [5.41, 5.74) is 0.774. The zero-order chi connectivity index (χ0) is 14.8. The van der Waals surface area contributed by atoms with Crippen LogP contribution in [0.1, 0.15) is 25.8 Å². The van der Waals surface area contributed by atoms with Crippen molar-refractivity contribution in [1.29, 1.82) is 0 Å². The number of rotatable bonds is 5. The third-order valence-electron chi connectivity index (χ3n) is 3.98. The second kappa shape index (κ2) is 5.76. The number of non-ortho nitro benzene ring substituents is 1. The molecule has 0 bridgehead atoms. The molecule has 2 atom stereocenters. The minimum absolute atomic E-state index is 0.0435. The van der Waals surface area contributed by atoms with E-state index in [9.17, 15) is 10.1 Å². The summed E-state index contributed by atoms with van der Waals surface area (Å²) in [6, 6.07) is 4.80. The number of nitro benzene ring substituents is 1. The fourth-order valence-electron chi connectivity index (χ4n) is 2.34. The molecule has 0 spiro atoms. The highest BCUT2D eigenvalue weighted by Crippen LogP contribution is 2.27. The van der Waals surface area contributed by atoms with E-state index in [0.717, 1.165) is 18.6 Å². The van der Waals surface area contributed by atoms with Crippen molar-refractivity contribution in [1.82, 2.24) is 5.32 Å². The first-order valence-electron chi connectivity index (χ1n) is 6.63. The van der Waals surface area contributed by atoms with Gasteiger partial charge in [-0.15, -0.1) is 0 Å². The Labute approximate surface area is 118 Å². The molecule has 0 saturated carbocycles. The number of nitro groups is 1. The molecule has 1 heterocycles. The average Bonchev–Trinajstić information content (AvgIpc) is 2.76. The van der Waals surface area contributed by atoms with Gasteiger partial charge in [0.1, 0.15) is 5.75 Å². The molecule has 1 aromatic carbocycles. The van der Waals surface area contributed by atoms with E-state index in [-0.39, 0.29) is 17.3 Å². The van der Waals surface area contributed by atoms with Gasteiger partial charge >= 0.3 is 0 Å². The van der Waals surface area contributed by atoms with Crippen molar-refractivity contribution in [3.8, 4) is 5.75 Å². The first-order valence-corrected chi connectivity index (χ1v) is 6.63. The van der Waals surface area contributed by atoms with E-state index in [1.54, 1.807) is 6.07 Å². The van der Waals surface area contributed by atoms with E-state index in [0.29, 0.717) is 12.3 Å². The summed E-state index contributed by atoms with van der Waals surface area (Å²) < 4.78 is 10.7. The molecule has 0 radical (unpaired) electrons. The van der Waals surface area contributed by atoms with Crippen LogP contribution in [0.5, 0.6) is 5.75 Å². The van der Waals surface area contributed by atoms with E-state index < -0.39 is 4.92 Å². The third kappa shape index (κ3) is 3.08. The lowest BCUT2D eigenvalue weighted by atomic mass is 9.94. The highest BCUT2D eigenvalue weighted by atomic mass is 16.6. The quantitative estimate of drug-likeness (QED) is 0.661. The van der Waals surface area contributed by atoms with E-state index in [1.165, 1.54) is 13.2 Å². The van der Waals surface area contributed by atoms with Gasteiger partial charge in [-0.2, -0.15) is 0 Å². The van der Waals surface area contributed by atoms with Crippen molar-refractivity contribution in [3.63, 3.8) is 0 Å². The minimum atomic E-state index is -0.408. The second-order valence-corrected chi connectivity index (χ2v) is 5.33. The number of benzene rings is 1. The molecule has 20 heavy (non-hydrogen) atoms. The van der Waals surface area contributed by atoms with Gasteiger partial charge in [-0.25, -0.2) is 0 Å². The Morgan fingerprint density at radius 2 is 2.30 bits per heavy atom. The van der Waals surface area contributed by atoms with Crippen LogP contribution >= 0.6 is 0 Å². The molecule has 1 saturated heterocycles. The molecule has 1 N–H and O–H groups in total. The molecular formula is C14H20N2O4. The number of methoxy groups -OCH3 is 1. The summed E-state index contributed by atoms with van der Waals surface area (Å²) in [5.74, 6) is 0.497. The lowest BCUT2D eigenvalue weighted by Gasteiger charge is -2.29. The molecule has 110 valence electrons. The molecule has 1 aromatic rings. The van der Waals surface area contributed by atoms with Gasteiger partial charge in [-0.3, -0.25) is 10.1 Å². The Morgan fingerprint density at radius 3 is 2.85 bits per heavy atom. The molecule has 6 heteroatoms. The second-order valence-electron chi connectivity index (χ2n) is 5.33. The van der Waals surface area contributed by atoms with Crippen molar-refractivity contribution >= 4 is 5.69 Å². The molecule has 2 rings (SSSR count). The fourth-order valence-corrected chi connectivity index (χ4v) is 2.34. The maximum absolute atomic E-state index is 10.9. The standard InChI is InChI=1S/C14H20N2O4/c1-10-14(2,4-5-20-10)15-9-11-6-12(16(17)18)8-13(7-11)19-3/h6-8,10,15H,4-5,9H2,1-3H3. The predicted molar refractivity (Wildman–Crippen MR) is 74.9 cm³/mol. The van der Waals surface area contributed by atoms with Gasteiger partial charge < -0.3 is 14.8 Å². The Hall–Kier alpha value is -1.66. The normalized spacial score (nSPS) is 25.6. The van der Waals surface area contributed by atoms with Crippen LogP contribution in [0.15, 0.2) is 18.2 Å². The summed E-state index contributed by atoms with van der Waals surface area (Å²) in [5, 5.41) is 14.3. The first kappa shape index (κ1) is 14.7. The summed E-state index contributed by atoms with van der Waals surface area (Å²) in [6.07, 6.45) is 1.06. The summed E-state index contributed by atoms with van der Waals surface area (Å²) in [6.45, 7) is 5.43. The van der Waals surface area contributed by atoms with Crippen molar-refractivity contribution in [2.45, 2.75) is 38.5 Å². The van der Waals surface area contributed by atoms with Crippen LogP contribution < -0.4 is 10.1 Å². The van der Waals surface area contributed by atoms with E-state index in [1.807, 2.05) is 13.0 Å². The first-order chi connectivity index (χ1) is 9.44.